The van der Waals surface area contributed by atoms with Gasteiger partial charge in [0.05, 0.1) is 27.4 Å². The van der Waals surface area contributed by atoms with Gasteiger partial charge >= 0.3 is 0 Å². The fourth-order valence-electron chi connectivity index (χ4n) is 3.96. The van der Waals surface area contributed by atoms with Gasteiger partial charge in [-0.25, -0.2) is 0 Å². The summed E-state index contributed by atoms with van der Waals surface area (Å²) in [6.45, 7) is 7.65. The minimum absolute atomic E-state index is 0.565. The Morgan fingerprint density at radius 2 is 1.92 bits per heavy atom. The number of ether oxygens (including phenoxy) is 3. The molecule has 1 saturated heterocycles. The van der Waals surface area contributed by atoms with Gasteiger partial charge in [0.15, 0.2) is 0 Å². The Hall–Kier alpha value is -1.30. The standard InChI is InChI=1S/C19H30N2O3/c1-5-15-11-16-17(13-20(15)2)18(22-3)10-14(19(16)23-4)12-21-6-8-24-9-7-21/h10,15H,5-9,11-13H2,1-4H3. The highest BCUT2D eigenvalue weighted by Crippen LogP contribution is 2.40. The number of benzene rings is 1. The molecule has 0 N–H and O–H groups in total. The third-order valence-corrected chi connectivity index (χ3v) is 5.40. The van der Waals surface area contributed by atoms with E-state index in [-0.39, 0.29) is 0 Å². The van der Waals surface area contributed by atoms with Crippen LogP contribution in [0, 0.1) is 0 Å². The summed E-state index contributed by atoms with van der Waals surface area (Å²) < 4.78 is 17.1. The minimum Gasteiger partial charge on any atom is -0.496 e. The van der Waals surface area contributed by atoms with Gasteiger partial charge in [0.25, 0.3) is 0 Å². The molecule has 2 aliphatic rings. The van der Waals surface area contributed by atoms with Crippen LogP contribution in [0.5, 0.6) is 11.5 Å². The number of rotatable bonds is 5. The van der Waals surface area contributed by atoms with Crippen molar-refractivity contribution in [3.8, 4) is 11.5 Å². The first kappa shape index (κ1) is 17.5. The van der Waals surface area contributed by atoms with Crippen molar-refractivity contribution < 1.29 is 14.2 Å². The molecule has 0 spiro atoms. The van der Waals surface area contributed by atoms with Crippen molar-refractivity contribution in [1.82, 2.24) is 9.80 Å². The van der Waals surface area contributed by atoms with Gasteiger partial charge in [-0.15, -0.1) is 0 Å². The van der Waals surface area contributed by atoms with E-state index in [1.54, 1.807) is 14.2 Å². The van der Waals surface area contributed by atoms with Gasteiger partial charge in [-0.3, -0.25) is 9.80 Å². The molecule has 1 unspecified atom stereocenters. The minimum atomic E-state index is 0.565. The van der Waals surface area contributed by atoms with Crippen LogP contribution in [0.4, 0.5) is 0 Å². The Balaban J connectivity index is 1.97. The van der Waals surface area contributed by atoms with Crippen molar-refractivity contribution in [2.45, 2.75) is 38.9 Å². The van der Waals surface area contributed by atoms with Crippen LogP contribution in [0.3, 0.4) is 0 Å². The van der Waals surface area contributed by atoms with Crippen LogP contribution < -0.4 is 9.47 Å². The van der Waals surface area contributed by atoms with Crippen molar-refractivity contribution in [2.24, 2.45) is 0 Å². The number of fused-ring (bicyclic) bond motifs is 1. The number of hydrogen-bond donors (Lipinski definition) is 0. The third-order valence-electron chi connectivity index (χ3n) is 5.40. The van der Waals surface area contributed by atoms with E-state index in [0.29, 0.717) is 6.04 Å². The highest BCUT2D eigenvalue weighted by Gasteiger charge is 2.29. The molecular weight excluding hydrogens is 304 g/mol. The molecule has 0 saturated carbocycles. The van der Waals surface area contributed by atoms with Gasteiger partial charge in [-0.1, -0.05) is 6.92 Å². The number of methoxy groups -OCH3 is 2. The summed E-state index contributed by atoms with van der Waals surface area (Å²) in [7, 11) is 5.77. The number of hydrogen-bond acceptors (Lipinski definition) is 5. The smallest absolute Gasteiger partial charge is 0.127 e. The fraction of sp³-hybridized carbons (Fsp3) is 0.684. The molecule has 0 aliphatic carbocycles. The van der Waals surface area contributed by atoms with Crippen molar-refractivity contribution in [2.75, 3.05) is 47.6 Å². The van der Waals surface area contributed by atoms with Crippen LogP contribution in [0.1, 0.15) is 30.0 Å². The highest BCUT2D eigenvalue weighted by atomic mass is 16.5. The topological polar surface area (TPSA) is 34.2 Å². The first-order valence-electron chi connectivity index (χ1n) is 8.93. The molecule has 5 nitrogen and oxygen atoms in total. The number of nitrogens with zero attached hydrogens (tertiary/aromatic N) is 2. The van der Waals surface area contributed by atoms with Crippen LogP contribution in [0.25, 0.3) is 0 Å². The summed E-state index contributed by atoms with van der Waals surface area (Å²) in [4.78, 5) is 4.85. The Morgan fingerprint density at radius 3 is 2.54 bits per heavy atom. The summed E-state index contributed by atoms with van der Waals surface area (Å²) in [6, 6.07) is 2.74. The maximum atomic E-state index is 5.88. The zero-order valence-corrected chi connectivity index (χ0v) is 15.4. The van der Waals surface area contributed by atoms with E-state index in [9.17, 15) is 0 Å². The molecule has 134 valence electrons. The van der Waals surface area contributed by atoms with Gasteiger partial charge < -0.3 is 14.2 Å². The van der Waals surface area contributed by atoms with E-state index < -0.39 is 0 Å². The molecule has 0 radical (unpaired) electrons. The van der Waals surface area contributed by atoms with E-state index in [1.807, 2.05) is 0 Å². The molecular formula is C19H30N2O3. The predicted octanol–water partition coefficient (Wildman–Crippen LogP) is 2.30. The second-order valence-electron chi connectivity index (χ2n) is 6.80. The molecule has 0 aromatic heterocycles. The van der Waals surface area contributed by atoms with Gasteiger partial charge in [0, 0.05) is 48.9 Å². The maximum absolute atomic E-state index is 5.88. The molecule has 0 amide bonds. The van der Waals surface area contributed by atoms with Gasteiger partial charge in [0.1, 0.15) is 11.5 Å². The van der Waals surface area contributed by atoms with Gasteiger partial charge in [-0.2, -0.15) is 0 Å². The normalized spacial score (nSPS) is 22.2. The molecule has 1 aromatic rings. The summed E-state index contributed by atoms with van der Waals surface area (Å²) in [6.07, 6.45) is 2.17. The van der Waals surface area contributed by atoms with Gasteiger partial charge in [-0.05, 0) is 26.0 Å². The van der Waals surface area contributed by atoms with Crippen LogP contribution in [-0.4, -0.2) is 63.4 Å². The second-order valence-corrected chi connectivity index (χ2v) is 6.80. The van der Waals surface area contributed by atoms with Crippen LogP contribution in [0.15, 0.2) is 6.07 Å². The lowest BCUT2D eigenvalue weighted by atomic mass is 9.89. The molecule has 0 bridgehead atoms. The molecule has 1 fully saturated rings. The zero-order chi connectivity index (χ0) is 17.1. The van der Waals surface area contributed by atoms with E-state index >= 15 is 0 Å². The van der Waals surface area contributed by atoms with Crippen LogP contribution in [-0.2, 0) is 24.2 Å². The maximum Gasteiger partial charge on any atom is 0.127 e. The summed E-state index contributed by atoms with van der Waals surface area (Å²) in [5.74, 6) is 2.05. The first-order chi connectivity index (χ1) is 11.7. The SMILES string of the molecule is CCC1Cc2c(c(OC)cc(CN3CCOCC3)c2OC)CN1C. The predicted molar refractivity (Wildman–Crippen MR) is 94.9 cm³/mol. The summed E-state index contributed by atoms with van der Waals surface area (Å²) in [5.41, 5.74) is 3.85. The Kier molecular flexibility index (Phi) is 5.64. The van der Waals surface area contributed by atoms with Crippen molar-refractivity contribution in [3.63, 3.8) is 0 Å². The Morgan fingerprint density at radius 1 is 1.17 bits per heavy atom. The molecule has 3 rings (SSSR count). The summed E-state index contributed by atoms with van der Waals surface area (Å²) in [5, 5.41) is 0. The lowest BCUT2D eigenvalue weighted by molar-refractivity contribution is 0.0338. The lowest BCUT2D eigenvalue weighted by Gasteiger charge is -2.36. The average molecular weight is 334 g/mol. The molecule has 2 heterocycles. The zero-order valence-electron chi connectivity index (χ0n) is 15.4. The van der Waals surface area contributed by atoms with E-state index in [0.717, 1.165) is 63.7 Å². The molecule has 1 atom stereocenters. The molecule has 5 heteroatoms. The Bertz CT molecular complexity index is 570. The third kappa shape index (κ3) is 3.39. The number of morpholine rings is 1. The largest absolute Gasteiger partial charge is 0.496 e. The molecule has 2 aliphatic heterocycles. The van der Waals surface area contributed by atoms with E-state index in [4.69, 9.17) is 14.2 Å². The van der Waals surface area contributed by atoms with Crippen molar-refractivity contribution in [1.29, 1.82) is 0 Å². The second kappa shape index (κ2) is 7.72. The average Bonchev–Trinajstić information content (AvgIpc) is 2.61. The van der Waals surface area contributed by atoms with Crippen LogP contribution >= 0.6 is 0 Å². The van der Waals surface area contributed by atoms with E-state index in [2.05, 4.69) is 29.8 Å². The van der Waals surface area contributed by atoms with Gasteiger partial charge in [0.2, 0.25) is 0 Å². The molecule has 24 heavy (non-hydrogen) atoms. The Labute approximate surface area is 145 Å². The van der Waals surface area contributed by atoms with Crippen molar-refractivity contribution in [3.05, 3.63) is 22.8 Å². The van der Waals surface area contributed by atoms with Crippen molar-refractivity contribution >= 4 is 0 Å². The monoisotopic (exact) mass is 334 g/mol. The quantitative estimate of drug-likeness (QED) is 0.825. The van der Waals surface area contributed by atoms with E-state index in [1.165, 1.54) is 16.7 Å². The number of likely N-dealkylation sites (N-methyl/N-ethyl adjacent to an activating group) is 1. The summed E-state index contributed by atoms with van der Waals surface area (Å²) >= 11 is 0. The first-order valence-corrected chi connectivity index (χ1v) is 8.93. The molecule has 1 aromatic carbocycles. The van der Waals surface area contributed by atoms with Crippen LogP contribution in [0.2, 0.25) is 0 Å². The fourth-order valence-corrected chi connectivity index (χ4v) is 3.96. The lowest BCUT2D eigenvalue weighted by Crippen LogP contribution is -2.38. The highest BCUT2D eigenvalue weighted by molar-refractivity contribution is 5.55.